The largest absolute Gasteiger partial charge is 0.497 e. The highest BCUT2D eigenvalue weighted by atomic mass is 19.4. The molecule has 2 aromatic heterocycles. The molecular weight excluding hydrogens is 519 g/mol. The van der Waals surface area contributed by atoms with Crippen molar-refractivity contribution in [2.45, 2.75) is 31.7 Å². The fourth-order valence-corrected chi connectivity index (χ4v) is 4.67. The quantitative estimate of drug-likeness (QED) is 0.488. The molecule has 0 saturated carbocycles. The van der Waals surface area contributed by atoms with E-state index in [1.54, 1.807) is 23.1 Å². The van der Waals surface area contributed by atoms with Crippen LogP contribution in [0.25, 0.3) is 11.3 Å². The Bertz CT molecular complexity index is 1370. The molecule has 1 aromatic carbocycles. The molecule has 4 heterocycles. The van der Waals surface area contributed by atoms with Gasteiger partial charge in [0, 0.05) is 30.9 Å². The summed E-state index contributed by atoms with van der Waals surface area (Å²) in [6.07, 6.45) is -4.73. The zero-order chi connectivity index (χ0) is 27.7. The molecule has 5 rings (SSSR count). The van der Waals surface area contributed by atoms with Gasteiger partial charge in [-0.3, -0.25) is 4.90 Å². The van der Waals surface area contributed by atoms with Crippen molar-refractivity contribution < 1.29 is 32.2 Å². The maximum Gasteiger partial charge on any atom is 0.434 e. The Morgan fingerprint density at radius 1 is 1.15 bits per heavy atom. The number of morpholine rings is 1. The van der Waals surface area contributed by atoms with Crippen LogP contribution in [0.3, 0.4) is 0 Å². The molecule has 2 atom stereocenters. The third kappa shape index (κ3) is 5.24. The van der Waals surface area contributed by atoms with Crippen LogP contribution >= 0.6 is 0 Å². The lowest BCUT2D eigenvalue weighted by Gasteiger charge is -2.29. The van der Waals surface area contributed by atoms with Gasteiger partial charge in [-0.2, -0.15) is 18.2 Å². The van der Waals surface area contributed by atoms with Crippen molar-refractivity contribution in [1.82, 2.24) is 19.9 Å². The van der Waals surface area contributed by atoms with E-state index in [1.165, 1.54) is 18.1 Å². The van der Waals surface area contributed by atoms with Crippen molar-refractivity contribution in [3.05, 3.63) is 47.8 Å². The van der Waals surface area contributed by atoms with Crippen molar-refractivity contribution in [2.75, 3.05) is 48.9 Å². The van der Waals surface area contributed by atoms with Crippen LogP contribution in [-0.2, 0) is 15.7 Å². The first-order valence-corrected chi connectivity index (χ1v) is 12.2. The Hall–Kier alpha value is -4.20. The van der Waals surface area contributed by atoms with Crippen LogP contribution in [0.4, 0.5) is 35.7 Å². The summed E-state index contributed by atoms with van der Waals surface area (Å²) in [5.74, 6) is 0.305. The summed E-state index contributed by atoms with van der Waals surface area (Å²) in [6, 6.07) is 7.96. The molecule has 0 radical (unpaired) electrons. The first-order chi connectivity index (χ1) is 18.7. The minimum absolute atomic E-state index is 0.0914. The molecule has 0 bridgehead atoms. The maximum atomic E-state index is 13.9. The van der Waals surface area contributed by atoms with Crippen LogP contribution in [0, 0.1) is 0 Å². The number of amides is 1. The van der Waals surface area contributed by atoms with E-state index >= 15 is 0 Å². The summed E-state index contributed by atoms with van der Waals surface area (Å²) in [7, 11) is 1.54. The Labute approximate surface area is 221 Å². The number of anilines is 3. The third-order valence-corrected chi connectivity index (χ3v) is 6.54. The first-order valence-electron chi connectivity index (χ1n) is 12.2. The number of ether oxygens (including phenoxy) is 3. The van der Waals surface area contributed by atoms with Gasteiger partial charge in [-0.05, 0) is 24.1 Å². The zero-order valence-corrected chi connectivity index (χ0v) is 21.2. The summed E-state index contributed by atoms with van der Waals surface area (Å²) < 4.78 is 58.3. The molecule has 2 aliphatic rings. The van der Waals surface area contributed by atoms with Gasteiger partial charge in [-0.15, -0.1) is 0 Å². The van der Waals surface area contributed by atoms with E-state index in [0.29, 0.717) is 44.0 Å². The molecule has 1 amide bonds. The van der Waals surface area contributed by atoms with E-state index in [0.717, 1.165) is 6.20 Å². The average Bonchev–Trinajstić information content (AvgIpc) is 3.29. The second-order valence-corrected chi connectivity index (χ2v) is 8.93. The van der Waals surface area contributed by atoms with Crippen molar-refractivity contribution in [1.29, 1.82) is 0 Å². The van der Waals surface area contributed by atoms with Gasteiger partial charge in [-0.25, -0.2) is 19.7 Å². The van der Waals surface area contributed by atoms with Gasteiger partial charge >= 0.3 is 12.3 Å². The van der Waals surface area contributed by atoms with Crippen molar-refractivity contribution in [2.24, 2.45) is 0 Å². The number of methoxy groups -OCH3 is 1. The van der Waals surface area contributed by atoms with Gasteiger partial charge in [0.05, 0.1) is 32.1 Å². The highest BCUT2D eigenvalue weighted by molar-refractivity contribution is 5.90. The Kier molecular flexibility index (Phi) is 7.12. The molecule has 3 aromatic rings. The minimum Gasteiger partial charge on any atom is -0.497 e. The van der Waals surface area contributed by atoms with E-state index in [4.69, 9.17) is 19.9 Å². The van der Waals surface area contributed by atoms with E-state index in [9.17, 15) is 18.0 Å². The average molecular weight is 546 g/mol. The molecule has 39 heavy (non-hydrogen) atoms. The van der Waals surface area contributed by atoms with Gasteiger partial charge in [0.25, 0.3) is 0 Å². The zero-order valence-electron chi connectivity index (χ0n) is 21.2. The molecule has 0 spiro atoms. The van der Waals surface area contributed by atoms with Gasteiger partial charge in [0.15, 0.2) is 5.69 Å². The normalized spacial score (nSPS) is 19.8. The van der Waals surface area contributed by atoms with E-state index in [-0.39, 0.29) is 23.0 Å². The van der Waals surface area contributed by atoms with Crippen LogP contribution < -0.4 is 20.3 Å². The Balaban J connectivity index is 1.63. The van der Waals surface area contributed by atoms with Crippen molar-refractivity contribution >= 4 is 23.8 Å². The summed E-state index contributed by atoms with van der Waals surface area (Å²) in [6.45, 7) is 3.50. The summed E-state index contributed by atoms with van der Waals surface area (Å²) in [5.41, 5.74) is 4.45. The molecule has 2 aliphatic heterocycles. The SMILES string of the molecule is CCC1[C@H](c2cccc(OC)c2)OC(=O)N1c1cc(-c2cnc(N)nc2C(F)(F)F)nc(N2CCOCC2)n1. The molecular formula is C25H26F3N7O4. The van der Waals surface area contributed by atoms with Gasteiger partial charge < -0.3 is 24.8 Å². The monoisotopic (exact) mass is 545 g/mol. The van der Waals surface area contributed by atoms with Crippen molar-refractivity contribution in [3.8, 4) is 17.0 Å². The second-order valence-electron chi connectivity index (χ2n) is 8.93. The second kappa shape index (κ2) is 10.5. The third-order valence-electron chi connectivity index (χ3n) is 6.54. The van der Waals surface area contributed by atoms with E-state index < -0.39 is 36.1 Å². The lowest BCUT2D eigenvalue weighted by atomic mass is 9.99. The van der Waals surface area contributed by atoms with Crippen molar-refractivity contribution in [3.63, 3.8) is 0 Å². The lowest BCUT2D eigenvalue weighted by Crippen LogP contribution is -2.39. The summed E-state index contributed by atoms with van der Waals surface area (Å²) in [5, 5.41) is 0. The first kappa shape index (κ1) is 26.4. The number of carbonyl (C=O) groups excluding carboxylic acids is 1. The van der Waals surface area contributed by atoms with Crippen LogP contribution in [0.2, 0.25) is 0 Å². The highest BCUT2D eigenvalue weighted by Gasteiger charge is 2.44. The number of benzene rings is 1. The molecule has 2 N–H and O–H groups in total. The van der Waals surface area contributed by atoms with E-state index in [1.807, 2.05) is 13.0 Å². The van der Waals surface area contributed by atoms with Crippen LogP contribution in [0.5, 0.6) is 5.75 Å². The maximum absolute atomic E-state index is 13.9. The van der Waals surface area contributed by atoms with Crippen LogP contribution in [-0.4, -0.2) is 65.5 Å². The molecule has 2 saturated heterocycles. The van der Waals surface area contributed by atoms with Gasteiger partial charge in [0.2, 0.25) is 11.9 Å². The Morgan fingerprint density at radius 3 is 2.62 bits per heavy atom. The summed E-state index contributed by atoms with van der Waals surface area (Å²) in [4.78, 5) is 32.6. The number of carbonyl (C=O) groups is 1. The number of nitrogens with two attached hydrogens (primary N) is 1. The number of hydrogen-bond donors (Lipinski definition) is 1. The number of nitrogen functional groups attached to an aromatic ring is 1. The smallest absolute Gasteiger partial charge is 0.434 e. The molecule has 206 valence electrons. The number of rotatable bonds is 6. The molecule has 14 heteroatoms. The van der Waals surface area contributed by atoms with Crippen LogP contribution in [0.1, 0.15) is 30.7 Å². The van der Waals surface area contributed by atoms with E-state index in [2.05, 4.69) is 19.9 Å². The number of nitrogens with zero attached hydrogens (tertiary/aromatic N) is 6. The fourth-order valence-electron chi connectivity index (χ4n) is 4.67. The predicted molar refractivity (Wildman–Crippen MR) is 134 cm³/mol. The molecule has 1 unspecified atom stereocenters. The van der Waals surface area contributed by atoms with Crippen LogP contribution in [0.15, 0.2) is 36.5 Å². The number of cyclic esters (lactones) is 1. The van der Waals surface area contributed by atoms with Gasteiger partial charge in [-0.1, -0.05) is 19.1 Å². The number of halogens is 3. The predicted octanol–water partition coefficient (Wildman–Crippen LogP) is 3.86. The minimum atomic E-state index is -4.83. The topological polar surface area (TPSA) is 129 Å². The lowest BCUT2D eigenvalue weighted by molar-refractivity contribution is -0.140. The summed E-state index contributed by atoms with van der Waals surface area (Å²) >= 11 is 0. The standard InChI is InChI=1S/C25H26F3N7O4/c1-3-18-20(14-5-4-6-15(11-14)37-2)39-24(36)35(18)19-12-17(31-23(32-19)34-7-9-38-10-8-34)16-13-30-22(29)33-21(16)25(26,27)28/h4-6,11-13,18,20H,3,7-10H2,1-2H3,(H2,29,30,33)/t18?,20-/m0/s1. The Morgan fingerprint density at radius 2 is 1.92 bits per heavy atom. The fraction of sp³-hybridized carbons (Fsp3) is 0.400. The molecule has 11 nitrogen and oxygen atoms in total. The highest BCUT2D eigenvalue weighted by Crippen LogP contribution is 2.41. The number of aromatic nitrogens is 4. The molecule has 2 fully saturated rings. The van der Waals surface area contributed by atoms with Gasteiger partial charge in [0.1, 0.15) is 17.7 Å². The molecule has 0 aliphatic carbocycles. The number of hydrogen-bond acceptors (Lipinski definition) is 10. The number of alkyl halides is 3.